The zero-order valence-electron chi connectivity index (χ0n) is 20.6. The second-order valence-corrected chi connectivity index (χ2v) is 10.5. The summed E-state index contributed by atoms with van der Waals surface area (Å²) in [5.74, 6) is 1.68. The Bertz CT molecular complexity index is 896. The van der Waals surface area contributed by atoms with Gasteiger partial charge in [-0.1, -0.05) is 19.9 Å². The maximum Gasteiger partial charge on any atom is 0.246 e. The number of carbonyl (C=O) groups is 1. The number of halogens is 1. The van der Waals surface area contributed by atoms with Gasteiger partial charge in [0.05, 0.1) is 18.2 Å². The lowest BCUT2D eigenvalue weighted by molar-refractivity contribution is -0.136. The molecule has 1 aromatic rings. The monoisotopic (exact) mass is 458 g/mol. The van der Waals surface area contributed by atoms with E-state index in [2.05, 4.69) is 37.6 Å². The fraction of sp³-hybridized carbons (Fsp3) is 0.667. The Kier molecular flexibility index (Phi) is 7.04. The Morgan fingerprint density at radius 3 is 2.70 bits per heavy atom. The average Bonchev–Trinajstić information content (AvgIpc) is 3.01. The predicted octanol–water partition coefficient (Wildman–Crippen LogP) is 5.08. The number of amides is 1. The van der Waals surface area contributed by atoms with Crippen LogP contribution in [0.2, 0.25) is 0 Å². The normalized spacial score (nSPS) is 32.2. The molecule has 1 aromatic carbocycles. The van der Waals surface area contributed by atoms with Crippen molar-refractivity contribution in [3.8, 4) is 5.75 Å². The number of hydrogen-bond donors (Lipinski definition) is 1. The number of morpholine rings is 1. The van der Waals surface area contributed by atoms with Gasteiger partial charge < -0.3 is 19.7 Å². The van der Waals surface area contributed by atoms with Crippen LogP contribution >= 0.6 is 0 Å². The largest absolute Gasteiger partial charge is 0.487 e. The van der Waals surface area contributed by atoms with Crippen molar-refractivity contribution in [3.63, 3.8) is 0 Å². The highest BCUT2D eigenvalue weighted by atomic mass is 19.1. The van der Waals surface area contributed by atoms with Gasteiger partial charge in [0.1, 0.15) is 24.8 Å². The van der Waals surface area contributed by atoms with Crippen molar-refractivity contribution in [3.05, 3.63) is 41.4 Å². The zero-order chi connectivity index (χ0) is 23.8. The standard InChI is InChI=1S/C27H39FN2O3/c1-6-21-7-9-22(10-8-21)24-12-23(28)11-17(2)26(24)33-14-19(4)30-18(3)13-27(20(30)5)16-32-15-25(31)29-27/h11-12,18,20-22H,4,6-10,13-16H2,1-3,5H3,(H,29,31)/t18?,20-,21?,22?,27+/m1/s1. The van der Waals surface area contributed by atoms with Crippen molar-refractivity contribution in [2.24, 2.45) is 5.92 Å². The lowest BCUT2D eigenvalue weighted by Crippen LogP contribution is -2.62. The smallest absolute Gasteiger partial charge is 0.246 e. The fourth-order valence-corrected chi connectivity index (χ4v) is 6.41. The van der Waals surface area contributed by atoms with E-state index < -0.39 is 5.54 Å². The van der Waals surface area contributed by atoms with Crippen LogP contribution in [0.3, 0.4) is 0 Å². The van der Waals surface area contributed by atoms with Gasteiger partial charge in [-0.15, -0.1) is 0 Å². The minimum Gasteiger partial charge on any atom is -0.487 e. The van der Waals surface area contributed by atoms with E-state index >= 15 is 0 Å². The summed E-state index contributed by atoms with van der Waals surface area (Å²) in [7, 11) is 0. The van der Waals surface area contributed by atoms with E-state index in [9.17, 15) is 9.18 Å². The van der Waals surface area contributed by atoms with E-state index in [0.29, 0.717) is 19.1 Å². The van der Waals surface area contributed by atoms with Crippen molar-refractivity contribution >= 4 is 5.91 Å². The van der Waals surface area contributed by atoms with E-state index in [1.807, 2.05) is 6.92 Å². The number of rotatable bonds is 6. The van der Waals surface area contributed by atoms with Crippen LogP contribution in [0.25, 0.3) is 0 Å². The summed E-state index contributed by atoms with van der Waals surface area (Å²) >= 11 is 0. The third-order valence-corrected chi connectivity index (χ3v) is 8.21. The van der Waals surface area contributed by atoms with Crippen molar-refractivity contribution in [2.75, 3.05) is 19.8 Å². The molecule has 1 aliphatic carbocycles. The Balaban J connectivity index is 1.48. The maximum atomic E-state index is 14.4. The molecule has 2 saturated heterocycles. The molecule has 3 atom stereocenters. The summed E-state index contributed by atoms with van der Waals surface area (Å²) in [6, 6.07) is 3.49. The number of nitrogens with one attached hydrogen (secondary N) is 1. The van der Waals surface area contributed by atoms with Crippen molar-refractivity contribution in [1.82, 2.24) is 10.2 Å². The lowest BCUT2D eigenvalue weighted by Gasteiger charge is -2.40. The van der Waals surface area contributed by atoms with E-state index in [0.717, 1.165) is 47.8 Å². The number of hydrogen-bond acceptors (Lipinski definition) is 4. The molecule has 3 aliphatic rings. The van der Waals surface area contributed by atoms with Crippen molar-refractivity contribution in [2.45, 2.75) is 89.8 Å². The Morgan fingerprint density at radius 2 is 2.03 bits per heavy atom. The summed E-state index contributed by atoms with van der Waals surface area (Å²) in [6.07, 6.45) is 6.59. The summed E-state index contributed by atoms with van der Waals surface area (Å²) in [5.41, 5.74) is 2.31. The van der Waals surface area contributed by atoms with Gasteiger partial charge in [-0.05, 0) is 82.4 Å². The average molecular weight is 459 g/mol. The number of aryl methyl sites for hydroxylation is 1. The van der Waals surface area contributed by atoms with Gasteiger partial charge in [0, 0.05) is 17.3 Å². The molecular formula is C27H39FN2O3. The van der Waals surface area contributed by atoms with Crippen LogP contribution in [0.15, 0.2) is 24.4 Å². The number of likely N-dealkylation sites (tertiary alicyclic amines) is 1. The van der Waals surface area contributed by atoms with Gasteiger partial charge in [0.15, 0.2) is 0 Å². The van der Waals surface area contributed by atoms with Gasteiger partial charge in [-0.2, -0.15) is 0 Å². The Hall–Kier alpha value is -2.08. The molecule has 6 heteroatoms. The molecule has 1 amide bonds. The minimum atomic E-state index is -0.396. The summed E-state index contributed by atoms with van der Waals surface area (Å²) < 4.78 is 26.3. The second kappa shape index (κ2) is 9.65. The van der Waals surface area contributed by atoms with Crippen LogP contribution in [0, 0.1) is 18.7 Å². The van der Waals surface area contributed by atoms with Gasteiger partial charge in [-0.25, -0.2) is 4.39 Å². The highest BCUT2D eigenvalue weighted by Crippen LogP contribution is 2.42. The molecule has 3 fully saturated rings. The first kappa shape index (κ1) is 24.1. The van der Waals surface area contributed by atoms with Crippen molar-refractivity contribution < 1.29 is 18.7 Å². The fourth-order valence-electron chi connectivity index (χ4n) is 6.41. The molecule has 33 heavy (non-hydrogen) atoms. The van der Waals surface area contributed by atoms with Crippen molar-refractivity contribution in [1.29, 1.82) is 0 Å². The minimum absolute atomic E-state index is 0.0472. The first-order valence-electron chi connectivity index (χ1n) is 12.5. The molecule has 1 unspecified atom stereocenters. The molecule has 4 rings (SSSR count). The molecule has 1 N–H and O–H groups in total. The molecule has 2 heterocycles. The third-order valence-electron chi connectivity index (χ3n) is 8.21. The summed E-state index contributed by atoms with van der Waals surface area (Å²) in [6.45, 7) is 13.8. The number of nitrogens with zero attached hydrogens (tertiary/aromatic N) is 1. The van der Waals surface area contributed by atoms with Gasteiger partial charge in [0.25, 0.3) is 0 Å². The molecule has 1 saturated carbocycles. The Morgan fingerprint density at radius 1 is 1.30 bits per heavy atom. The Labute approximate surface area is 197 Å². The molecular weight excluding hydrogens is 419 g/mol. The SMILES string of the molecule is C=C(COc1c(C)cc(F)cc1C1CCC(CC)CC1)N1C(C)C[C@]2(COCC(=O)N2)[C@H]1C. The van der Waals surface area contributed by atoms with Crippen LogP contribution in [0.5, 0.6) is 5.75 Å². The first-order valence-corrected chi connectivity index (χ1v) is 12.5. The molecule has 2 aliphatic heterocycles. The van der Waals surface area contributed by atoms with Crippen LogP contribution in [-0.4, -0.2) is 48.3 Å². The first-order chi connectivity index (χ1) is 15.7. The number of carbonyl (C=O) groups excluding carboxylic acids is 1. The quantitative estimate of drug-likeness (QED) is 0.646. The zero-order valence-corrected chi connectivity index (χ0v) is 20.6. The lowest BCUT2D eigenvalue weighted by atomic mass is 9.77. The van der Waals surface area contributed by atoms with Crippen LogP contribution in [0.1, 0.15) is 76.3 Å². The number of ether oxygens (including phenoxy) is 2. The third kappa shape index (κ3) is 4.77. The second-order valence-electron chi connectivity index (χ2n) is 10.5. The van der Waals surface area contributed by atoms with E-state index in [1.54, 1.807) is 12.1 Å². The van der Waals surface area contributed by atoms with E-state index in [1.165, 1.54) is 19.3 Å². The molecule has 5 nitrogen and oxygen atoms in total. The molecule has 182 valence electrons. The van der Waals surface area contributed by atoms with Crippen LogP contribution < -0.4 is 10.1 Å². The maximum absolute atomic E-state index is 14.4. The summed E-state index contributed by atoms with van der Waals surface area (Å²) in [5, 5.41) is 3.18. The molecule has 0 radical (unpaired) electrons. The van der Waals surface area contributed by atoms with Crippen LogP contribution in [0.4, 0.5) is 4.39 Å². The van der Waals surface area contributed by atoms with E-state index in [-0.39, 0.29) is 30.4 Å². The summed E-state index contributed by atoms with van der Waals surface area (Å²) in [4.78, 5) is 14.3. The van der Waals surface area contributed by atoms with Gasteiger partial charge >= 0.3 is 0 Å². The highest BCUT2D eigenvalue weighted by Gasteiger charge is 2.51. The predicted molar refractivity (Wildman–Crippen MR) is 128 cm³/mol. The number of benzene rings is 1. The molecule has 0 aromatic heterocycles. The molecule has 0 bridgehead atoms. The van der Waals surface area contributed by atoms with E-state index in [4.69, 9.17) is 9.47 Å². The van der Waals surface area contributed by atoms with Gasteiger partial charge in [-0.3, -0.25) is 4.79 Å². The highest BCUT2D eigenvalue weighted by molar-refractivity contribution is 5.79. The molecule has 1 spiro atoms. The van der Waals surface area contributed by atoms with Gasteiger partial charge in [0.2, 0.25) is 5.91 Å². The van der Waals surface area contributed by atoms with Crippen LogP contribution in [-0.2, 0) is 9.53 Å². The topological polar surface area (TPSA) is 50.8 Å².